The van der Waals surface area contributed by atoms with E-state index in [2.05, 4.69) is 25.5 Å². The quantitative estimate of drug-likeness (QED) is 0.494. The number of anilines is 1. The van der Waals surface area contributed by atoms with Gasteiger partial charge in [0.2, 0.25) is 0 Å². The van der Waals surface area contributed by atoms with Gasteiger partial charge in [-0.15, -0.1) is 0 Å². The molecule has 0 saturated carbocycles. The number of H-pyrrole nitrogens is 1. The number of nitrogens with one attached hydrogen (secondary N) is 2. The molecule has 0 radical (unpaired) electrons. The smallest absolute Gasteiger partial charge is 0.163 e. The highest BCUT2D eigenvalue weighted by atomic mass is 19.1. The van der Waals surface area contributed by atoms with Crippen LogP contribution in [0, 0.1) is 5.82 Å². The molecule has 1 aromatic carbocycles. The van der Waals surface area contributed by atoms with Gasteiger partial charge in [0.15, 0.2) is 11.6 Å². The molecule has 0 bridgehead atoms. The van der Waals surface area contributed by atoms with Gasteiger partial charge < -0.3 is 15.6 Å². The fraction of sp³-hybridized carbons (Fsp3) is 0.300. The predicted molar refractivity (Wildman–Crippen MR) is 109 cm³/mol. The van der Waals surface area contributed by atoms with Crippen LogP contribution in [-0.2, 0) is 7.05 Å². The maximum atomic E-state index is 13.6. The largest absolute Gasteiger partial charge is 0.382 e. The summed E-state index contributed by atoms with van der Waals surface area (Å²) in [5, 5.41) is 10.8. The highest BCUT2D eigenvalue weighted by molar-refractivity contribution is 5.82. The molecule has 5 rings (SSSR count). The molecule has 4 N–H and O–H groups in total. The SMILES string of the molecule is Cn1c(-c2nc(-c3cn[nH]c3C3CCNCC3)cnc2N)nc2cc(F)ccc21. The second kappa shape index (κ2) is 6.93. The van der Waals surface area contributed by atoms with Gasteiger partial charge in [-0.1, -0.05) is 0 Å². The number of nitrogens with two attached hydrogens (primary N) is 1. The molecule has 4 aromatic rings. The van der Waals surface area contributed by atoms with Gasteiger partial charge in [0.05, 0.1) is 29.1 Å². The highest BCUT2D eigenvalue weighted by Gasteiger charge is 2.23. The topological polar surface area (TPSA) is 110 Å². The van der Waals surface area contributed by atoms with Gasteiger partial charge >= 0.3 is 0 Å². The zero-order valence-corrected chi connectivity index (χ0v) is 16.0. The molecule has 0 atom stereocenters. The Labute approximate surface area is 166 Å². The summed E-state index contributed by atoms with van der Waals surface area (Å²) in [7, 11) is 1.86. The van der Waals surface area contributed by atoms with Gasteiger partial charge in [0.25, 0.3) is 0 Å². The summed E-state index contributed by atoms with van der Waals surface area (Å²) in [6, 6.07) is 4.51. The zero-order valence-electron chi connectivity index (χ0n) is 16.0. The number of nitrogen functional groups attached to an aromatic ring is 1. The van der Waals surface area contributed by atoms with Crippen molar-refractivity contribution in [3.05, 3.63) is 42.1 Å². The van der Waals surface area contributed by atoms with E-state index in [1.807, 2.05) is 11.6 Å². The van der Waals surface area contributed by atoms with Gasteiger partial charge in [-0.25, -0.2) is 19.3 Å². The summed E-state index contributed by atoms with van der Waals surface area (Å²) in [6.45, 7) is 1.97. The van der Waals surface area contributed by atoms with Crippen molar-refractivity contribution in [3.8, 4) is 22.8 Å². The summed E-state index contributed by atoms with van der Waals surface area (Å²) >= 11 is 0. The van der Waals surface area contributed by atoms with E-state index in [0.717, 1.165) is 42.7 Å². The molecule has 1 aliphatic rings. The van der Waals surface area contributed by atoms with E-state index in [4.69, 9.17) is 10.7 Å². The van der Waals surface area contributed by atoms with E-state index < -0.39 is 0 Å². The second-order valence-corrected chi connectivity index (χ2v) is 7.34. The molecule has 4 heterocycles. The number of fused-ring (bicyclic) bond motifs is 1. The lowest BCUT2D eigenvalue weighted by atomic mass is 9.91. The molecule has 0 spiro atoms. The van der Waals surface area contributed by atoms with Crippen molar-refractivity contribution in [2.75, 3.05) is 18.8 Å². The number of nitrogens with zero attached hydrogens (tertiary/aromatic N) is 5. The number of aromatic nitrogens is 6. The van der Waals surface area contributed by atoms with Crippen LogP contribution in [0.5, 0.6) is 0 Å². The van der Waals surface area contributed by atoms with Crippen LogP contribution >= 0.6 is 0 Å². The summed E-state index contributed by atoms with van der Waals surface area (Å²) in [5.41, 5.74) is 10.7. The molecular weight excluding hydrogens is 371 g/mol. The van der Waals surface area contributed by atoms with E-state index in [0.29, 0.717) is 28.6 Å². The van der Waals surface area contributed by atoms with E-state index in [-0.39, 0.29) is 11.6 Å². The molecule has 3 aromatic heterocycles. The Morgan fingerprint density at radius 3 is 2.83 bits per heavy atom. The Morgan fingerprint density at radius 2 is 2.00 bits per heavy atom. The van der Waals surface area contributed by atoms with Crippen LogP contribution in [0.4, 0.5) is 10.2 Å². The van der Waals surface area contributed by atoms with E-state index in [1.165, 1.54) is 12.1 Å². The zero-order chi connectivity index (χ0) is 20.0. The summed E-state index contributed by atoms with van der Waals surface area (Å²) in [5.74, 6) is 0.888. The molecule has 0 amide bonds. The minimum Gasteiger partial charge on any atom is -0.382 e. The summed E-state index contributed by atoms with van der Waals surface area (Å²) in [6.07, 6.45) is 5.53. The monoisotopic (exact) mass is 392 g/mol. The number of halogens is 1. The second-order valence-electron chi connectivity index (χ2n) is 7.34. The molecule has 1 fully saturated rings. The average molecular weight is 392 g/mol. The first-order chi connectivity index (χ1) is 14.1. The Hall–Kier alpha value is -3.33. The number of aryl methyl sites for hydroxylation is 1. The van der Waals surface area contributed by atoms with Crippen LogP contribution in [0.25, 0.3) is 33.8 Å². The third-order valence-corrected chi connectivity index (χ3v) is 5.55. The first-order valence-corrected chi connectivity index (χ1v) is 9.61. The molecular formula is C20H21FN8. The first-order valence-electron chi connectivity index (χ1n) is 9.61. The third-order valence-electron chi connectivity index (χ3n) is 5.55. The normalized spacial score (nSPS) is 15.2. The van der Waals surface area contributed by atoms with Crippen LogP contribution < -0.4 is 11.1 Å². The fourth-order valence-electron chi connectivity index (χ4n) is 4.00. The number of rotatable bonds is 3. The minimum atomic E-state index is -0.333. The van der Waals surface area contributed by atoms with E-state index >= 15 is 0 Å². The molecule has 8 nitrogen and oxygen atoms in total. The van der Waals surface area contributed by atoms with Crippen LogP contribution in [0.2, 0.25) is 0 Å². The predicted octanol–water partition coefficient (Wildman–Crippen LogP) is 2.61. The minimum absolute atomic E-state index is 0.277. The number of hydrogen-bond acceptors (Lipinski definition) is 6. The van der Waals surface area contributed by atoms with Crippen molar-refractivity contribution in [1.82, 2.24) is 35.0 Å². The van der Waals surface area contributed by atoms with Crippen molar-refractivity contribution in [1.29, 1.82) is 0 Å². The summed E-state index contributed by atoms with van der Waals surface area (Å²) in [4.78, 5) is 13.7. The highest BCUT2D eigenvalue weighted by Crippen LogP contribution is 2.33. The van der Waals surface area contributed by atoms with Crippen LogP contribution in [0.15, 0.2) is 30.6 Å². The van der Waals surface area contributed by atoms with Crippen molar-refractivity contribution in [2.24, 2.45) is 7.05 Å². The molecule has 1 saturated heterocycles. The Morgan fingerprint density at radius 1 is 1.17 bits per heavy atom. The molecule has 0 aliphatic carbocycles. The molecule has 148 valence electrons. The Bertz CT molecular complexity index is 1190. The standard InChI is InChI=1S/C20H21FN8/c1-29-16-3-2-12(21)8-14(16)27-20(29)18-19(22)24-10-15(26-18)13-9-25-28-17(13)11-4-6-23-7-5-11/h2-3,8-11,23H,4-7H2,1H3,(H2,22,24)(H,25,28). The number of benzene rings is 1. The van der Waals surface area contributed by atoms with Gasteiger partial charge in [-0.05, 0) is 38.1 Å². The lowest BCUT2D eigenvalue weighted by Crippen LogP contribution is -2.27. The van der Waals surface area contributed by atoms with Gasteiger partial charge in [-0.2, -0.15) is 5.10 Å². The van der Waals surface area contributed by atoms with Gasteiger partial charge in [0.1, 0.15) is 11.5 Å². The number of piperidine rings is 1. The van der Waals surface area contributed by atoms with Crippen molar-refractivity contribution in [2.45, 2.75) is 18.8 Å². The van der Waals surface area contributed by atoms with Crippen LogP contribution in [-0.4, -0.2) is 42.8 Å². The Balaban J connectivity index is 1.61. The summed E-state index contributed by atoms with van der Waals surface area (Å²) < 4.78 is 15.5. The maximum absolute atomic E-state index is 13.6. The van der Waals surface area contributed by atoms with Crippen molar-refractivity contribution >= 4 is 16.9 Å². The maximum Gasteiger partial charge on any atom is 0.163 e. The first kappa shape index (κ1) is 17.7. The number of aromatic amines is 1. The van der Waals surface area contributed by atoms with Crippen LogP contribution in [0.3, 0.4) is 0 Å². The van der Waals surface area contributed by atoms with Gasteiger partial charge in [-0.3, -0.25) is 5.10 Å². The van der Waals surface area contributed by atoms with Crippen molar-refractivity contribution < 1.29 is 4.39 Å². The van der Waals surface area contributed by atoms with E-state index in [1.54, 1.807) is 18.5 Å². The van der Waals surface area contributed by atoms with Crippen molar-refractivity contribution in [3.63, 3.8) is 0 Å². The molecule has 1 aliphatic heterocycles. The average Bonchev–Trinajstić information content (AvgIpc) is 3.34. The fourth-order valence-corrected chi connectivity index (χ4v) is 4.00. The molecule has 29 heavy (non-hydrogen) atoms. The number of hydrogen-bond donors (Lipinski definition) is 3. The lowest BCUT2D eigenvalue weighted by molar-refractivity contribution is 0.453. The van der Waals surface area contributed by atoms with E-state index in [9.17, 15) is 4.39 Å². The Kier molecular flexibility index (Phi) is 4.24. The molecule has 0 unspecified atom stereocenters. The number of imidazole rings is 1. The molecule has 9 heteroatoms. The lowest BCUT2D eigenvalue weighted by Gasteiger charge is -2.22. The van der Waals surface area contributed by atoms with Gasteiger partial charge in [0, 0.05) is 30.3 Å². The third kappa shape index (κ3) is 3.03. The van der Waals surface area contributed by atoms with Crippen LogP contribution in [0.1, 0.15) is 24.5 Å².